The third-order valence-electron chi connectivity index (χ3n) is 0.589. The second-order valence-electron chi connectivity index (χ2n) is 1.22. The van der Waals surface area contributed by atoms with Gasteiger partial charge >= 0.3 is 50.9 Å². The third kappa shape index (κ3) is 3.81. The van der Waals surface area contributed by atoms with Crippen LogP contribution < -0.4 is 5.73 Å². The quantitative estimate of drug-likeness (QED) is 0.560. The van der Waals surface area contributed by atoms with Crippen molar-refractivity contribution in [1.29, 1.82) is 5.26 Å². The second-order valence-corrected chi connectivity index (χ2v) is 2.53. The Bertz CT molecular complexity index is 76.2. The molecule has 0 spiro atoms. The second kappa shape index (κ2) is 4.14. The van der Waals surface area contributed by atoms with Gasteiger partial charge in [0.25, 0.3) is 0 Å². The van der Waals surface area contributed by atoms with Crippen molar-refractivity contribution in [1.82, 2.24) is 0 Å². The van der Waals surface area contributed by atoms with E-state index in [-0.39, 0.29) is 4.82 Å². The molecule has 2 N–H and O–H groups in total. The van der Waals surface area contributed by atoms with Crippen LogP contribution in [0.15, 0.2) is 0 Å². The van der Waals surface area contributed by atoms with Crippen LogP contribution in [0.3, 0.4) is 0 Å². The van der Waals surface area contributed by atoms with Crippen LogP contribution in [-0.4, -0.2) is 22.6 Å². The third-order valence-corrected chi connectivity index (χ3v) is 1.37. The van der Waals surface area contributed by atoms with Gasteiger partial charge in [-0.3, -0.25) is 0 Å². The number of nitrogens with zero attached hydrogens (tertiary/aromatic N) is 1. The molecule has 7 heavy (non-hydrogen) atoms. The topological polar surface area (TPSA) is 49.8 Å². The van der Waals surface area contributed by atoms with Crippen molar-refractivity contribution < 1.29 is 0 Å². The molecule has 0 aromatic rings. The van der Waals surface area contributed by atoms with Crippen molar-refractivity contribution >= 4 is 16.0 Å². The van der Waals surface area contributed by atoms with Crippen LogP contribution in [0.1, 0.15) is 6.42 Å². The van der Waals surface area contributed by atoms with E-state index in [9.17, 15) is 0 Å². The molecule has 0 amide bonds. The van der Waals surface area contributed by atoms with E-state index >= 15 is 0 Å². The van der Waals surface area contributed by atoms with Gasteiger partial charge in [0, 0.05) is 0 Å². The maximum absolute atomic E-state index is 8.14. The van der Waals surface area contributed by atoms with Crippen LogP contribution in [0, 0.1) is 11.3 Å². The van der Waals surface area contributed by atoms with E-state index in [2.05, 4.69) is 22.1 Å². The Kier molecular flexibility index (Phi) is 4.12. The van der Waals surface area contributed by atoms with Gasteiger partial charge in [0.1, 0.15) is 0 Å². The molecule has 0 aliphatic rings. The summed E-state index contributed by atoms with van der Waals surface area (Å²) < 4.78 is 0. The zero-order chi connectivity index (χ0) is 5.70. The molecule has 1 unspecified atom stereocenters. The van der Waals surface area contributed by atoms with Gasteiger partial charge in [0.05, 0.1) is 0 Å². The van der Waals surface area contributed by atoms with Crippen LogP contribution in [0.5, 0.6) is 0 Å². The molecule has 0 aliphatic carbocycles. The SMILES string of the molecule is N#CC([SeH])CCN. The summed E-state index contributed by atoms with van der Waals surface area (Å²) in [4.78, 5) is 0.0671. The molecular weight excluding hydrogens is 155 g/mol. The summed E-state index contributed by atoms with van der Waals surface area (Å²) in [5, 5.41) is 8.14. The molecule has 1 atom stereocenters. The Morgan fingerprint density at radius 3 is 2.57 bits per heavy atom. The number of hydrogen-bond acceptors (Lipinski definition) is 2. The number of hydrogen-bond donors (Lipinski definition) is 1. The number of rotatable bonds is 2. The van der Waals surface area contributed by atoms with Gasteiger partial charge in [0.15, 0.2) is 0 Å². The fourth-order valence-corrected chi connectivity index (χ4v) is 0.535. The average molecular weight is 163 g/mol. The minimum atomic E-state index is 0.0671. The van der Waals surface area contributed by atoms with E-state index in [1.165, 1.54) is 0 Å². The minimum absolute atomic E-state index is 0.0671. The van der Waals surface area contributed by atoms with Crippen molar-refractivity contribution in [2.24, 2.45) is 5.73 Å². The molecule has 0 aromatic heterocycles. The summed E-state index contributed by atoms with van der Waals surface area (Å²) in [5.41, 5.74) is 5.14. The van der Waals surface area contributed by atoms with Crippen LogP contribution in [0.2, 0.25) is 4.82 Å². The van der Waals surface area contributed by atoms with Gasteiger partial charge in [-0.15, -0.1) is 0 Å². The van der Waals surface area contributed by atoms with Gasteiger partial charge in [-0.2, -0.15) is 0 Å². The first-order valence-corrected chi connectivity index (χ1v) is 3.17. The van der Waals surface area contributed by atoms with Crippen LogP contribution in [-0.2, 0) is 0 Å². The zero-order valence-corrected chi connectivity index (χ0v) is 5.84. The monoisotopic (exact) mass is 164 g/mol. The van der Waals surface area contributed by atoms with E-state index in [4.69, 9.17) is 11.0 Å². The molecule has 0 saturated carbocycles. The number of nitrogens with two attached hydrogens (primary N) is 1. The fourth-order valence-electron chi connectivity index (χ4n) is 0.222. The van der Waals surface area contributed by atoms with Crippen molar-refractivity contribution in [3.05, 3.63) is 0 Å². The molecule has 3 heteroatoms. The molecule has 40 valence electrons. The van der Waals surface area contributed by atoms with Crippen molar-refractivity contribution in [3.8, 4) is 6.07 Å². The van der Waals surface area contributed by atoms with E-state index < -0.39 is 0 Å². The predicted octanol–water partition coefficient (Wildman–Crippen LogP) is -0.452. The van der Waals surface area contributed by atoms with Gasteiger partial charge in [0.2, 0.25) is 0 Å². The molecule has 0 rings (SSSR count). The molecule has 0 aliphatic heterocycles. The first-order chi connectivity index (χ1) is 3.31. The van der Waals surface area contributed by atoms with E-state index in [0.717, 1.165) is 6.42 Å². The van der Waals surface area contributed by atoms with Crippen molar-refractivity contribution in [2.75, 3.05) is 6.54 Å². The predicted molar refractivity (Wildman–Crippen MR) is 30.2 cm³/mol. The molecule has 0 radical (unpaired) electrons. The first-order valence-electron chi connectivity index (χ1n) is 2.09. The molecule has 0 aromatic carbocycles. The summed E-state index contributed by atoms with van der Waals surface area (Å²) in [6, 6.07) is 2.06. The molecule has 0 saturated heterocycles. The van der Waals surface area contributed by atoms with Gasteiger partial charge in [-0.25, -0.2) is 0 Å². The van der Waals surface area contributed by atoms with Crippen molar-refractivity contribution in [3.63, 3.8) is 0 Å². The Hall–Kier alpha value is -0.0305. The van der Waals surface area contributed by atoms with Crippen molar-refractivity contribution in [2.45, 2.75) is 11.2 Å². The summed E-state index contributed by atoms with van der Waals surface area (Å²) >= 11 is 2.28. The summed E-state index contributed by atoms with van der Waals surface area (Å²) in [6.45, 7) is 0.604. The van der Waals surface area contributed by atoms with Crippen LogP contribution in [0.25, 0.3) is 0 Å². The average Bonchev–Trinajstić information content (AvgIpc) is 1.68. The molecule has 0 fully saturated rings. The fraction of sp³-hybridized carbons (Fsp3) is 0.750. The molecule has 0 bridgehead atoms. The molecular formula is C4H8N2Se. The maximum atomic E-state index is 8.14. The zero-order valence-electron chi connectivity index (χ0n) is 3.96. The van der Waals surface area contributed by atoms with Gasteiger partial charge in [-0.1, -0.05) is 0 Å². The van der Waals surface area contributed by atoms with Gasteiger partial charge < -0.3 is 0 Å². The Morgan fingerprint density at radius 1 is 1.86 bits per heavy atom. The standard InChI is InChI=1S/C4H8N2Se/c5-2-1-4(7)3-6/h4,7H,1-2,5H2. The van der Waals surface area contributed by atoms with Crippen LogP contribution in [0.4, 0.5) is 0 Å². The molecule has 2 nitrogen and oxygen atoms in total. The normalized spacial score (nSPS) is 12.7. The van der Waals surface area contributed by atoms with E-state index in [0.29, 0.717) is 6.54 Å². The Morgan fingerprint density at radius 2 is 2.43 bits per heavy atom. The number of nitriles is 1. The molecule has 0 heterocycles. The summed E-state index contributed by atoms with van der Waals surface area (Å²) in [6.07, 6.45) is 0.788. The van der Waals surface area contributed by atoms with Gasteiger partial charge in [-0.05, 0) is 0 Å². The Balaban J connectivity index is 3.04. The van der Waals surface area contributed by atoms with E-state index in [1.807, 2.05) is 0 Å². The first kappa shape index (κ1) is 6.97. The van der Waals surface area contributed by atoms with E-state index in [1.54, 1.807) is 0 Å². The van der Waals surface area contributed by atoms with Crippen LogP contribution >= 0.6 is 0 Å². The Labute approximate surface area is 51.5 Å². The summed E-state index contributed by atoms with van der Waals surface area (Å²) in [5.74, 6) is 0. The summed E-state index contributed by atoms with van der Waals surface area (Å²) in [7, 11) is 0.